The van der Waals surface area contributed by atoms with Crippen molar-refractivity contribution >= 4 is 0 Å². The van der Waals surface area contributed by atoms with Crippen molar-refractivity contribution < 1.29 is 14.6 Å². The van der Waals surface area contributed by atoms with Crippen LogP contribution >= 0.6 is 0 Å². The zero-order chi connectivity index (χ0) is 13.6. The molecule has 4 fully saturated rings. The monoisotopic (exact) mass is 281 g/mol. The lowest BCUT2D eigenvalue weighted by Crippen LogP contribution is -2.54. The van der Waals surface area contributed by atoms with Crippen molar-refractivity contribution in [1.82, 2.24) is 4.90 Å². The maximum atomic E-state index is 11.4. The Morgan fingerprint density at radius 3 is 2.70 bits per heavy atom. The third-order valence-corrected chi connectivity index (χ3v) is 6.34. The first kappa shape index (κ1) is 13.5. The number of rotatable bonds is 1. The van der Waals surface area contributed by atoms with Gasteiger partial charge in [0, 0.05) is 32.4 Å². The summed E-state index contributed by atoms with van der Waals surface area (Å²) in [4.78, 5) is 2.52. The van der Waals surface area contributed by atoms with Gasteiger partial charge in [-0.2, -0.15) is 0 Å². The van der Waals surface area contributed by atoms with E-state index in [9.17, 15) is 5.11 Å². The predicted molar refractivity (Wildman–Crippen MR) is 75.6 cm³/mol. The van der Waals surface area contributed by atoms with Crippen LogP contribution in [0.5, 0.6) is 0 Å². The second-order valence-electron chi connectivity index (χ2n) is 7.27. The summed E-state index contributed by atoms with van der Waals surface area (Å²) in [7, 11) is 0. The summed E-state index contributed by atoms with van der Waals surface area (Å²) in [6.45, 7) is 4.74. The molecule has 0 aliphatic carbocycles. The first-order valence-corrected chi connectivity index (χ1v) is 8.40. The minimum Gasteiger partial charge on any atom is -0.388 e. The Balaban J connectivity index is 1.52. The van der Waals surface area contributed by atoms with Gasteiger partial charge in [0.25, 0.3) is 0 Å². The molecule has 0 saturated carbocycles. The van der Waals surface area contributed by atoms with Crippen molar-refractivity contribution in [2.75, 3.05) is 32.9 Å². The summed E-state index contributed by atoms with van der Waals surface area (Å²) in [6, 6.07) is 0.419. The molecule has 0 bridgehead atoms. The topological polar surface area (TPSA) is 41.9 Å². The van der Waals surface area contributed by atoms with Crippen molar-refractivity contribution in [2.24, 2.45) is 5.92 Å². The van der Waals surface area contributed by atoms with Crippen LogP contribution in [0.4, 0.5) is 0 Å². The zero-order valence-corrected chi connectivity index (χ0v) is 12.4. The lowest BCUT2D eigenvalue weighted by atomic mass is 9.70. The van der Waals surface area contributed by atoms with Crippen LogP contribution in [-0.4, -0.2) is 60.2 Å². The molecule has 114 valence electrons. The SMILES string of the molecule is OC1(C2CCOC3(CCOCC3)C2)CCN2CCCC21. The third kappa shape index (κ3) is 2.04. The fourth-order valence-corrected chi connectivity index (χ4v) is 5.17. The van der Waals surface area contributed by atoms with Crippen molar-refractivity contribution in [3.63, 3.8) is 0 Å². The predicted octanol–water partition coefficient (Wildman–Crippen LogP) is 1.56. The Labute approximate surface area is 121 Å². The van der Waals surface area contributed by atoms with Gasteiger partial charge in [0.05, 0.1) is 11.2 Å². The summed E-state index contributed by atoms with van der Waals surface area (Å²) < 4.78 is 11.6. The van der Waals surface area contributed by atoms with E-state index in [1.807, 2.05) is 0 Å². The van der Waals surface area contributed by atoms with E-state index in [-0.39, 0.29) is 5.60 Å². The standard InChI is InChI=1S/C16H27NO3/c18-16(4-8-17-7-1-2-14(16)17)13-3-9-20-15(12-13)5-10-19-11-6-15/h13-14,18H,1-12H2. The van der Waals surface area contributed by atoms with Crippen LogP contribution < -0.4 is 0 Å². The normalized spacial score (nSPS) is 44.9. The molecule has 3 unspecified atom stereocenters. The van der Waals surface area contributed by atoms with Crippen LogP contribution in [0.2, 0.25) is 0 Å². The van der Waals surface area contributed by atoms with Crippen molar-refractivity contribution in [3.05, 3.63) is 0 Å². The molecule has 0 aromatic rings. The van der Waals surface area contributed by atoms with Crippen molar-refractivity contribution in [2.45, 2.75) is 62.2 Å². The lowest BCUT2D eigenvalue weighted by molar-refractivity contribution is -0.178. The first-order chi connectivity index (χ1) is 9.72. The van der Waals surface area contributed by atoms with Crippen molar-refractivity contribution in [1.29, 1.82) is 0 Å². The van der Waals surface area contributed by atoms with E-state index in [2.05, 4.69) is 4.90 Å². The second-order valence-corrected chi connectivity index (χ2v) is 7.27. The Morgan fingerprint density at radius 1 is 1.00 bits per heavy atom. The van der Waals surface area contributed by atoms with E-state index < -0.39 is 5.60 Å². The molecule has 0 amide bonds. The highest BCUT2D eigenvalue weighted by Gasteiger charge is 2.55. The molecule has 0 aromatic carbocycles. The van der Waals surface area contributed by atoms with Gasteiger partial charge in [-0.05, 0) is 57.4 Å². The summed E-state index contributed by atoms with van der Waals surface area (Å²) in [5, 5.41) is 11.4. The molecule has 3 atom stereocenters. The molecule has 4 aliphatic rings. The summed E-state index contributed by atoms with van der Waals surface area (Å²) in [5.41, 5.74) is -0.450. The smallest absolute Gasteiger partial charge is 0.0844 e. The molecule has 4 nitrogen and oxygen atoms in total. The average molecular weight is 281 g/mol. The van der Waals surface area contributed by atoms with Gasteiger partial charge in [0.1, 0.15) is 0 Å². The highest BCUT2D eigenvalue weighted by atomic mass is 16.5. The van der Waals surface area contributed by atoms with Gasteiger partial charge in [-0.3, -0.25) is 4.90 Å². The van der Waals surface area contributed by atoms with Crippen LogP contribution in [0.15, 0.2) is 0 Å². The lowest BCUT2D eigenvalue weighted by Gasteiger charge is -2.48. The molecule has 4 aliphatic heterocycles. The van der Waals surface area contributed by atoms with Crippen LogP contribution in [-0.2, 0) is 9.47 Å². The van der Waals surface area contributed by atoms with Gasteiger partial charge in [-0.25, -0.2) is 0 Å². The third-order valence-electron chi connectivity index (χ3n) is 6.34. The number of hydrogen-bond donors (Lipinski definition) is 1. The van der Waals surface area contributed by atoms with Crippen LogP contribution in [0.1, 0.15) is 44.9 Å². The average Bonchev–Trinajstić information content (AvgIpc) is 3.05. The number of hydrogen-bond acceptors (Lipinski definition) is 4. The number of ether oxygens (including phenoxy) is 2. The van der Waals surface area contributed by atoms with E-state index in [1.54, 1.807) is 0 Å². The van der Waals surface area contributed by atoms with Gasteiger partial charge < -0.3 is 14.6 Å². The molecule has 0 aromatic heterocycles. The molecule has 1 spiro atoms. The number of fused-ring (bicyclic) bond motifs is 1. The summed E-state index contributed by atoms with van der Waals surface area (Å²) in [6.07, 6.45) is 7.50. The molecule has 4 saturated heterocycles. The van der Waals surface area contributed by atoms with E-state index in [4.69, 9.17) is 9.47 Å². The maximum absolute atomic E-state index is 11.4. The van der Waals surface area contributed by atoms with Gasteiger partial charge in [0.2, 0.25) is 0 Å². The largest absolute Gasteiger partial charge is 0.388 e. The summed E-state index contributed by atoms with van der Waals surface area (Å²) in [5.74, 6) is 0.419. The summed E-state index contributed by atoms with van der Waals surface area (Å²) >= 11 is 0. The Bertz CT molecular complexity index is 363. The Hall–Kier alpha value is -0.160. The fourth-order valence-electron chi connectivity index (χ4n) is 5.17. The molecule has 1 N–H and O–H groups in total. The van der Waals surface area contributed by atoms with E-state index in [1.165, 1.54) is 19.4 Å². The highest BCUT2D eigenvalue weighted by Crippen LogP contribution is 2.48. The minimum absolute atomic E-state index is 0.00290. The van der Waals surface area contributed by atoms with Gasteiger partial charge in [-0.15, -0.1) is 0 Å². The van der Waals surface area contributed by atoms with Gasteiger partial charge in [-0.1, -0.05) is 0 Å². The van der Waals surface area contributed by atoms with Crippen molar-refractivity contribution in [3.8, 4) is 0 Å². The van der Waals surface area contributed by atoms with Crippen LogP contribution in [0.25, 0.3) is 0 Å². The van der Waals surface area contributed by atoms with Gasteiger partial charge >= 0.3 is 0 Å². The fraction of sp³-hybridized carbons (Fsp3) is 1.00. The van der Waals surface area contributed by atoms with Crippen LogP contribution in [0, 0.1) is 5.92 Å². The van der Waals surface area contributed by atoms with E-state index >= 15 is 0 Å². The molecule has 0 radical (unpaired) electrons. The maximum Gasteiger partial charge on any atom is 0.0844 e. The minimum atomic E-state index is -0.453. The second kappa shape index (κ2) is 4.94. The van der Waals surface area contributed by atoms with Crippen LogP contribution in [0.3, 0.4) is 0 Å². The molecule has 4 heteroatoms. The molecule has 4 heterocycles. The molecular weight excluding hydrogens is 254 g/mol. The van der Waals surface area contributed by atoms with Gasteiger partial charge in [0.15, 0.2) is 0 Å². The first-order valence-electron chi connectivity index (χ1n) is 8.40. The molecular formula is C16H27NO3. The number of aliphatic hydroxyl groups is 1. The number of nitrogens with zero attached hydrogens (tertiary/aromatic N) is 1. The molecule has 4 rings (SSSR count). The quantitative estimate of drug-likeness (QED) is 0.792. The Kier molecular flexibility index (Phi) is 3.33. The van der Waals surface area contributed by atoms with E-state index in [0.29, 0.717) is 12.0 Å². The zero-order valence-electron chi connectivity index (χ0n) is 12.4. The highest BCUT2D eigenvalue weighted by molar-refractivity contribution is 5.08. The molecule has 20 heavy (non-hydrogen) atoms. The Morgan fingerprint density at radius 2 is 1.85 bits per heavy atom. The van der Waals surface area contributed by atoms with E-state index in [0.717, 1.165) is 58.5 Å².